The lowest BCUT2D eigenvalue weighted by Crippen LogP contribution is -2.16. The Balaban J connectivity index is 2.55. The Kier molecular flexibility index (Phi) is 4.69. The first-order chi connectivity index (χ1) is 9.70. The SMILES string of the molecule is CC(C)c1ccc(-c2nc(=S)c(Br)c(C(C)(C)C)[nH]2)cc1. The summed E-state index contributed by atoms with van der Waals surface area (Å²) in [6.45, 7) is 10.9. The summed E-state index contributed by atoms with van der Waals surface area (Å²) in [5.41, 5.74) is 3.43. The second kappa shape index (κ2) is 6.01. The number of H-pyrrole nitrogens is 1. The van der Waals surface area contributed by atoms with Gasteiger partial charge in [-0.25, -0.2) is 4.98 Å². The molecule has 0 aliphatic rings. The van der Waals surface area contributed by atoms with Crippen molar-refractivity contribution in [2.24, 2.45) is 0 Å². The molecule has 0 aliphatic heterocycles. The van der Waals surface area contributed by atoms with E-state index in [-0.39, 0.29) is 5.41 Å². The zero-order chi connectivity index (χ0) is 15.8. The van der Waals surface area contributed by atoms with Gasteiger partial charge in [-0.3, -0.25) is 0 Å². The van der Waals surface area contributed by atoms with E-state index in [1.165, 1.54) is 5.56 Å². The molecule has 1 N–H and O–H groups in total. The van der Waals surface area contributed by atoms with Gasteiger partial charge in [-0.15, -0.1) is 0 Å². The van der Waals surface area contributed by atoms with Crippen LogP contribution in [-0.2, 0) is 5.41 Å². The summed E-state index contributed by atoms with van der Waals surface area (Å²) >= 11 is 8.94. The van der Waals surface area contributed by atoms with Gasteiger partial charge in [0.1, 0.15) is 10.5 Å². The van der Waals surface area contributed by atoms with Gasteiger partial charge in [0.05, 0.1) is 4.47 Å². The van der Waals surface area contributed by atoms with Gasteiger partial charge in [-0.2, -0.15) is 0 Å². The third-order valence-corrected chi connectivity index (χ3v) is 4.79. The van der Waals surface area contributed by atoms with Gasteiger partial charge in [-0.1, -0.05) is 71.1 Å². The first-order valence-electron chi connectivity index (χ1n) is 7.11. The summed E-state index contributed by atoms with van der Waals surface area (Å²) in [5, 5.41) is 0. The quantitative estimate of drug-likeness (QED) is 0.662. The minimum atomic E-state index is -0.0258. The average molecular weight is 365 g/mol. The van der Waals surface area contributed by atoms with Crippen molar-refractivity contribution in [2.75, 3.05) is 0 Å². The predicted octanol–water partition coefficient (Wildman–Crippen LogP) is 5.99. The van der Waals surface area contributed by atoms with E-state index in [0.29, 0.717) is 10.6 Å². The molecule has 21 heavy (non-hydrogen) atoms. The molecule has 2 aromatic rings. The zero-order valence-corrected chi connectivity index (χ0v) is 15.5. The van der Waals surface area contributed by atoms with Crippen LogP contribution in [-0.4, -0.2) is 9.97 Å². The Bertz CT molecular complexity index is 694. The molecule has 0 fully saturated rings. The maximum atomic E-state index is 5.39. The lowest BCUT2D eigenvalue weighted by molar-refractivity contribution is 0.563. The molecular formula is C17H21BrN2S. The van der Waals surface area contributed by atoms with Crippen LogP contribution >= 0.6 is 28.1 Å². The molecule has 0 unspecified atom stereocenters. The van der Waals surface area contributed by atoms with E-state index in [1.807, 2.05) is 0 Å². The Labute approximate surface area is 140 Å². The number of nitrogens with one attached hydrogen (secondary N) is 1. The van der Waals surface area contributed by atoms with Crippen LogP contribution in [0.3, 0.4) is 0 Å². The van der Waals surface area contributed by atoms with Crippen molar-refractivity contribution in [1.29, 1.82) is 0 Å². The molecule has 0 amide bonds. The summed E-state index contributed by atoms with van der Waals surface area (Å²) in [6, 6.07) is 8.50. The summed E-state index contributed by atoms with van der Waals surface area (Å²) in [6.07, 6.45) is 0. The monoisotopic (exact) mass is 364 g/mol. The minimum absolute atomic E-state index is 0.0258. The molecule has 0 saturated carbocycles. The van der Waals surface area contributed by atoms with Gasteiger partial charge < -0.3 is 4.98 Å². The van der Waals surface area contributed by atoms with Gasteiger partial charge in [0.15, 0.2) is 0 Å². The van der Waals surface area contributed by atoms with Gasteiger partial charge in [-0.05, 0) is 27.4 Å². The number of aromatic amines is 1. The molecule has 112 valence electrons. The van der Waals surface area contributed by atoms with E-state index in [9.17, 15) is 0 Å². The normalized spacial score (nSPS) is 12.0. The van der Waals surface area contributed by atoms with Gasteiger partial charge >= 0.3 is 0 Å². The third-order valence-electron chi connectivity index (χ3n) is 3.46. The predicted molar refractivity (Wildman–Crippen MR) is 95.3 cm³/mol. The van der Waals surface area contributed by atoms with Gasteiger partial charge in [0.2, 0.25) is 0 Å². The van der Waals surface area contributed by atoms with Crippen molar-refractivity contribution >= 4 is 28.1 Å². The Morgan fingerprint density at radius 1 is 1.14 bits per heavy atom. The van der Waals surface area contributed by atoms with E-state index < -0.39 is 0 Å². The van der Waals surface area contributed by atoms with Crippen molar-refractivity contribution in [3.63, 3.8) is 0 Å². The number of benzene rings is 1. The van der Waals surface area contributed by atoms with Crippen LogP contribution in [0.25, 0.3) is 11.4 Å². The van der Waals surface area contributed by atoms with Crippen LogP contribution < -0.4 is 0 Å². The summed E-state index contributed by atoms with van der Waals surface area (Å²) < 4.78 is 1.48. The summed E-state index contributed by atoms with van der Waals surface area (Å²) in [4.78, 5) is 7.94. The highest BCUT2D eigenvalue weighted by Gasteiger charge is 2.20. The van der Waals surface area contributed by atoms with Crippen LogP contribution in [0.15, 0.2) is 28.7 Å². The van der Waals surface area contributed by atoms with E-state index >= 15 is 0 Å². The highest BCUT2D eigenvalue weighted by atomic mass is 79.9. The van der Waals surface area contributed by atoms with Crippen LogP contribution in [0.4, 0.5) is 0 Å². The lowest BCUT2D eigenvalue weighted by Gasteiger charge is -2.21. The van der Waals surface area contributed by atoms with Crippen molar-refractivity contribution in [1.82, 2.24) is 9.97 Å². The van der Waals surface area contributed by atoms with Crippen molar-refractivity contribution in [2.45, 2.75) is 46.0 Å². The Morgan fingerprint density at radius 2 is 1.71 bits per heavy atom. The van der Waals surface area contributed by atoms with Crippen molar-refractivity contribution in [3.05, 3.63) is 44.6 Å². The smallest absolute Gasteiger partial charge is 0.144 e. The highest BCUT2D eigenvalue weighted by molar-refractivity contribution is 9.10. The molecule has 1 aromatic heterocycles. The molecule has 0 radical (unpaired) electrons. The van der Waals surface area contributed by atoms with Crippen LogP contribution in [0.1, 0.15) is 51.8 Å². The number of hydrogen-bond donors (Lipinski definition) is 1. The molecule has 1 aromatic carbocycles. The fourth-order valence-electron chi connectivity index (χ4n) is 2.14. The standard InChI is InChI=1S/C17H21BrN2S/c1-10(2)11-6-8-12(9-7-11)15-19-14(17(3,4)5)13(18)16(21)20-15/h6-10H,1-5H3,(H,19,20,21). The van der Waals surface area contributed by atoms with E-state index in [1.54, 1.807) is 0 Å². The molecule has 2 rings (SSSR count). The first-order valence-corrected chi connectivity index (χ1v) is 8.31. The maximum absolute atomic E-state index is 5.39. The average Bonchev–Trinajstić information content (AvgIpc) is 2.40. The molecular weight excluding hydrogens is 344 g/mol. The van der Waals surface area contributed by atoms with Gasteiger partial charge in [0.25, 0.3) is 0 Å². The number of nitrogens with zero attached hydrogens (tertiary/aromatic N) is 1. The third kappa shape index (κ3) is 3.61. The largest absolute Gasteiger partial charge is 0.342 e. The number of aromatic nitrogens is 2. The molecule has 0 bridgehead atoms. The van der Waals surface area contributed by atoms with Crippen LogP contribution in [0.2, 0.25) is 0 Å². The number of halogens is 1. The topological polar surface area (TPSA) is 28.7 Å². The van der Waals surface area contributed by atoms with Gasteiger partial charge in [0, 0.05) is 16.7 Å². The first kappa shape index (κ1) is 16.4. The maximum Gasteiger partial charge on any atom is 0.144 e. The Hall–Kier alpha value is -1.00. The molecule has 4 heteroatoms. The molecule has 0 atom stereocenters. The molecule has 0 aliphatic carbocycles. The van der Waals surface area contributed by atoms with E-state index in [4.69, 9.17) is 12.2 Å². The fourth-order valence-corrected chi connectivity index (χ4v) is 3.11. The van der Waals surface area contributed by atoms with E-state index in [0.717, 1.165) is 21.6 Å². The van der Waals surface area contributed by atoms with E-state index in [2.05, 4.69) is 84.8 Å². The van der Waals surface area contributed by atoms with Crippen molar-refractivity contribution in [3.8, 4) is 11.4 Å². The molecule has 0 spiro atoms. The second-order valence-corrected chi connectivity index (χ2v) is 7.79. The second-order valence-electron chi connectivity index (χ2n) is 6.61. The minimum Gasteiger partial charge on any atom is -0.342 e. The van der Waals surface area contributed by atoms with Crippen molar-refractivity contribution < 1.29 is 0 Å². The highest BCUT2D eigenvalue weighted by Crippen LogP contribution is 2.30. The van der Waals surface area contributed by atoms with Crippen LogP contribution in [0, 0.1) is 4.64 Å². The number of hydrogen-bond acceptors (Lipinski definition) is 2. The molecule has 1 heterocycles. The van der Waals surface area contributed by atoms with Crippen LogP contribution in [0.5, 0.6) is 0 Å². The zero-order valence-electron chi connectivity index (χ0n) is 13.1. The number of rotatable bonds is 2. The summed E-state index contributed by atoms with van der Waals surface area (Å²) in [7, 11) is 0. The Morgan fingerprint density at radius 3 is 2.19 bits per heavy atom. The molecule has 2 nitrogen and oxygen atoms in total. The molecule has 0 saturated heterocycles. The summed E-state index contributed by atoms with van der Waals surface area (Å²) in [5.74, 6) is 1.35. The fraction of sp³-hybridized carbons (Fsp3) is 0.412. The lowest BCUT2D eigenvalue weighted by atomic mass is 9.92.